The molecule has 0 radical (unpaired) electrons. The highest BCUT2D eigenvalue weighted by Gasteiger charge is 2.14. The van der Waals surface area contributed by atoms with Crippen LogP contribution in [0.5, 0.6) is 23.3 Å². The molecular formula is C13H13Cl2N3O4. The summed E-state index contributed by atoms with van der Waals surface area (Å²) in [6.07, 6.45) is 0. The van der Waals surface area contributed by atoms with Crippen molar-refractivity contribution in [3.63, 3.8) is 0 Å². The van der Waals surface area contributed by atoms with Crippen molar-refractivity contribution in [2.24, 2.45) is 0 Å². The van der Waals surface area contributed by atoms with Gasteiger partial charge in [-0.2, -0.15) is 15.0 Å². The van der Waals surface area contributed by atoms with Gasteiger partial charge in [0.15, 0.2) is 11.5 Å². The van der Waals surface area contributed by atoms with Gasteiger partial charge in [-0.15, -0.1) is 0 Å². The first kappa shape index (κ1) is 16.4. The molecule has 7 nitrogen and oxygen atoms in total. The van der Waals surface area contributed by atoms with Gasteiger partial charge in [0.2, 0.25) is 16.3 Å². The molecule has 0 atom stereocenters. The van der Waals surface area contributed by atoms with Crippen LogP contribution in [0, 0.1) is 0 Å². The van der Waals surface area contributed by atoms with Gasteiger partial charge in [-0.25, -0.2) is 0 Å². The van der Waals surface area contributed by atoms with E-state index in [4.69, 9.17) is 42.1 Å². The fourth-order valence-electron chi connectivity index (χ4n) is 1.74. The zero-order valence-electron chi connectivity index (χ0n) is 12.1. The van der Waals surface area contributed by atoms with Crippen LogP contribution in [0.15, 0.2) is 12.1 Å². The Morgan fingerprint density at radius 3 is 1.86 bits per heavy atom. The lowest BCUT2D eigenvalue weighted by Crippen LogP contribution is -2.03. The number of hydrogen-bond donors (Lipinski definition) is 0. The highest BCUT2D eigenvalue weighted by Crippen LogP contribution is 2.38. The largest absolute Gasteiger partial charge is 0.493 e. The number of benzene rings is 1. The molecule has 0 bridgehead atoms. The summed E-state index contributed by atoms with van der Waals surface area (Å²) in [5.41, 5.74) is 0.766. The molecule has 1 aromatic heterocycles. The molecule has 0 N–H and O–H groups in total. The van der Waals surface area contributed by atoms with E-state index in [0.717, 1.165) is 5.56 Å². The van der Waals surface area contributed by atoms with E-state index < -0.39 is 0 Å². The predicted octanol–water partition coefficient (Wildman–Crippen LogP) is 2.78. The number of hydrogen-bond acceptors (Lipinski definition) is 7. The lowest BCUT2D eigenvalue weighted by atomic mass is 10.2. The number of halogens is 2. The molecule has 0 aliphatic rings. The second kappa shape index (κ2) is 7.33. The summed E-state index contributed by atoms with van der Waals surface area (Å²) in [7, 11) is 4.60. The summed E-state index contributed by atoms with van der Waals surface area (Å²) in [4.78, 5) is 11.3. The predicted molar refractivity (Wildman–Crippen MR) is 80.3 cm³/mol. The monoisotopic (exact) mass is 345 g/mol. The van der Waals surface area contributed by atoms with Gasteiger partial charge in [0, 0.05) is 0 Å². The van der Waals surface area contributed by atoms with E-state index in [0.29, 0.717) is 17.2 Å². The summed E-state index contributed by atoms with van der Waals surface area (Å²) < 4.78 is 21.2. The summed E-state index contributed by atoms with van der Waals surface area (Å²) in [6, 6.07) is 3.54. The van der Waals surface area contributed by atoms with Crippen LogP contribution >= 0.6 is 23.2 Å². The molecule has 0 fully saturated rings. The molecule has 118 valence electrons. The molecule has 1 aromatic carbocycles. The Hall–Kier alpha value is -1.99. The Labute approximate surface area is 137 Å². The second-order valence-electron chi connectivity index (χ2n) is 3.98. The number of aromatic nitrogens is 3. The van der Waals surface area contributed by atoms with E-state index in [1.54, 1.807) is 12.1 Å². The number of methoxy groups -OCH3 is 3. The molecule has 2 aromatic rings. The van der Waals surface area contributed by atoms with Crippen LogP contribution < -0.4 is 18.9 Å². The lowest BCUT2D eigenvalue weighted by molar-refractivity contribution is 0.276. The van der Waals surface area contributed by atoms with Crippen LogP contribution in [-0.4, -0.2) is 36.3 Å². The topological polar surface area (TPSA) is 75.6 Å². The van der Waals surface area contributed by atoms with Crippen molar-refractivity contribution in [3.05, 3.63) is 28.3 Å². The minimum absolute atomic E-state index is 0.0266. The minimum atomic E-state index is -0.0418. The van der Waals surface area contributed by atoms with Gasteiger partial charge < -0.3 is 18.9 Å². The van der Waals surface area contributed by atoms with Gasteiger partial charge >= 0.3 is 6.01 Å². The normalized spacial score (nSPS) is 10.2. The molecular weight excluding hydrogens is 333 g/mol. The molecule has 0 aliphatic heterocycles. The Morgan fingerprint density at radius 2 is 1.41 bits per heavy atom. The first-order valence-electron chi connectivity index (χ1n) is 6.06. The lowest BCUT2D eigenvalue weighted by Gasteiger charge is -2.14. The summed E-state index contributed by atoms with van der Waals surface area (Å²) in [5.74, 6) is 1.54. The van der Waals surface area contributed by atoms with Gasteiger partial charge in [0.25, 0.3) is 0 Å². The molecule has 2 rings (SSSR count). The van der Waals surface area contributed by atoms with Crippen LogP contribution in [0.4, 0.5) is 0 Å². The van der Waals surface area contributed by atoms with Gasteiger partial charge in [-0.05, 0) is 40.9 Å². The average molecular weight is 346 g/mol. The van der Waals surface area contributed by atoms with Crippen LogP contribution in [0.1, 0.15) is 5.56 Å². The SMILES string of the molecule is COc1cc(COc2nc(Cl)nc(Cl)n2)cc(OC)c1OC. The Kier molecular flexibility index (Phi) is 5.46. The van der Waals surface area contributed by atoms with E-state index >= 15 is 0 Å². The fourth-order valence-corrected chi connectivity index (χ4v) is 2.09. The smallest absolute Gasteiger partial charge is 0.322 e. The van der Waals surface area contributed by atoms with E-state index in [1.165, 1.54) is 21.3 Å². The maximum atomic E-state index is 5.68. The molecule has 0 unspecified atom stereocenters. The first-order valence-corrected chi connectivity index (χ1v) is 6.81. The third-order valence-corrected chi connectivity index (χ3v) is 2.99. The van der Waals surface area contributed by atoms with E-state index in [2.05, 4.69) is 15.0 Å². The Balaban J connectivity index is 2.22. The standard InChI is InChI=1S/C13H13Cl2N3O4/c1-19-8-4-7(5-9(20-2)10(8)21-3)6-22-13-17-11(14)16-12(15)18-13/h4-5H,6H2,1-3H3. The zero-order chi connectivity index (χ0) is 16.1. The van der Waals surface area contributed by atoms with Crippen LogP contribution in [-0.2, 0) is 6.61 Å². The number of ether oxygens (including phenoxy) is 4. The Bertz CT molecular complexity index is 624. The van der Waals surface area contributed by atoms with Crippen molar-refractivity contribution in [2.75, 3.05) is 21.3 Å². The van der Waals surface area contributed by atoms with Crippen LogP contribution in [0.3, 0.4) is 0 Å². The molecule has 1 heterocycles. The Morgan fingerprint density at radius 1 is 0.864 bits per heavy atom. The van der Waals surface area contributed by atoms with Gasteiger partial charge in [0.05, 0.1) is 21.3 Å². The van der Waals surface area contributed by atoms with Gasteiger partial charge in [0.1, 0.15) is 6.61 Å². The third kappa shape index (κ3) is 3.80. The third-order valence-electron chi connectivity index (χ3n) is 2.65. The fraction of sp³-hybridized carbons (Fsp3) is 0.308. The quantitative estimate of drug-likeness (QED) is 0.796. The van der Waals surface area contributed by atoms with Gasteiger partial charge in [-0.3, -0.25) is 0 Å². The van der Waals surface area contributed by atoms with Crippen molar-refractivity contribution >= 4 is 23.2 Å². The van der Waals surface area contributed by atoms with Crippen molar-refractivity contribution in [3.8, 4) is 23.3 Å². The molecule has 0 aliphatic carbocycles. The molecule has 0 spiro atoms. The summed E-state index contributed by atoms with van der Waals surface area (Å²) >= 11 is 11.4. The van der Waals surface area contributed by atoms with E-state index in [9.17, 15) is 0 Å². The van der Waals surface area contributed by atoms with Crippen molar-refractivity contribution in [2.45, 2.75) is 6.61 Å². The maximum absolute atomic E-state index is 5.68. The molecule has 9 heteroatoms. The molecule has 22 heavy (non-hydrogen) atoms. The van der Waals surface area contributed by atoms with E-state index in [1.807, 2.05) is 0 Å². The summed E-state index contributed by atoms with van der Waals surface area (Å²) in [5, 5.41) is -0.0835. The number of nitrogens with zero attached hydrogens (tertiary/aromatic N) is 3. The number of rotatable bonds is 6. The zero-order valence-corrected chi connectivity index (χ0v) is 13.6. The highest BCUT2D eigenvalue weighted by molar-refractivity contribution is 6.31. The molecule has 0 saturated heterocycles. The van der Waals surface area contributed by atoms with Crippen LogP contribution in [0.25, 0.3) is 0 Å². The van der Waals surface area contributed by atoms with Crippen LogP contribution in [0.2, 0.25) is 10.6 Å². The van der Waals surface area contributed by atoms with Crippen molar-refractivity contribution in [1.29, 1.82) is 0 Å². The summed E-state index contributed by atoms with van der Waals surface area (Å²) in [6.45, 7) is 0.160. The molecule has 0 amide bonds. The first-order chi connectivity index (χ1) is 10.6. The highest BCUT2D eigenvalue weighted by atomic mass is 35.5. The van der Waals surface area contributed by atoms with Crippen molar-refractivity contribution < 1.29 is 18.9 Å². The average Bonchev–Trinajstić information content (AvgIpc) is 2.50. The molecule has 0 saturated carbocycles. The maximum Gasteiger partial charge on any atom is 0.322 e. The van der Waals surface area contributed by atoms with E-state index in [-0.39, 0.29) is 23.2 Å². The van der Waals surface area contributed by atoms with Crippen molar-refractivity contribution in [1.82, 2.24) is 15.0 Å². The van der Waals surface area contributed by atoms with Gasteiger partial charge in [-0.1, -0.05) is 0 Å². The minimum Gasteiger partial charge on any atom is -0.493 e. The second-order valence-corrected chi connectivity index (χ2v) is 4.65.